The molecule has 0 aliphatic carbocycles. The number of esters is 5. The summed E-state index contributed by atoms with van der Waals surface area (Å²) in [7, 11) is 0. The molecular weight excluding hydrogens is 829 g/mol. The Labute approximate surface area is 378 Å². The van der Waals surface area contributed by atoms with Crippen LogP contribution in [0.2, 0.25) is 0 Å². The van der Waals surface area contributed by atoms with Crippen molar-refractivity contribution < 1.29 is 52.1 Å². The summed E-state index contributed by atoms with van der Waals surface area (Å²) in [5, 5.41) is 0.725. The first-order valence-corrected chi connectivity index (χ1v) is 20.5. The van der Waals surface area contributed by atoms with Crippen molar-refractivity contribution >= 4 is 40.8 Å². The molecule has 12 heteroatoms. The molecule has 0 bridgehead atoms. The van der Waals surface area contributed by atoms with Gasteiger partial charge in [-0.05, 0) is 137 Å². The maximum atomic E-state index is 13.0. The van der Waals surface area contributed by atoms with Crippen LogP contribution in [0.15, 0.2) is 161 Å². The molecule has 4 aromatic carbocycles. The van der Waals surface area contributed by atoms with Crippen LogP contribution < -0.4 is 19.8 Å². The van der Waals surface area contributed by atoms with Gasteiger partial charge in [-0.3, -0.25) is 0 Å². The molecule has 12 nitrogen and oxygen atoms in total. The number of aryl methyl sites for hydroxylation is 2. The predicted octanol–water partition coefficient (Wildman–Crippen LogP) is 10.4. The lowest BCUT2D eigenvalue weighted by atomic mass is 9.98. The van der Waals surface area contributed by atoms with Crippen LogP contribution in [0.1, 0.15) is 58.6 Å². The number of fused-ring (bicyclic) bond motifs is 1. The molecule has 0 unspecified atom stereocenters. The summed E-state index contributed by atoms with van der Waals surface area (Å²) in [4.78, 5) is 71.2. The van der Waals surface area contributed by atoms with Gasteiger partial charge in [0.15, 0.2) is 0 Å². The highest BCUT2D eigenvalue weighted by atomic mass is 16.5. The van der Waals surface area contributed by atoms with Crippen LogP contribution in [0.5, 0.6) is 17.2 Å². The van der Waals surface area contributed by atoms with Crippen LogP contribution in [-0.2, 0) is 46.3 Å². The third-order valence-electron chi connectivity index (χ3n) is 9.22. The lowest BCUT2D eigenvalue weighted by Gasteiger charge is -2.12. The van der Waals surface area contributed by atoms with Crippen LogP contribution in [0.3, 0.4) is 0 Å². The maximum absolute atomic E-state index is 13.0. The van der Waals surface area contributed by atoms with Gasteiger partial charge in [0.25, 0.3) is 0 Å². The van der Waals surface area contributed by atoms with Crippen LogP contribution in [0.25, 0.3) is 33.2 Å². The molecule has 5 rings (SSSR count). The normalized spacial score (nSPS) is 10.4. The minimum Gasteiger partial charge on any atom is -0.462 e. The van der Waals surface area contributed by atoms with E-state index in [1.54, 1.807) is 89.2 Å². The number of benzene rings is 4. The van der Waals surface area contributed by atoms with Gasteiger partial charge in [-0.15, -0.1) is 0 Å². The molecule has 0 saturated heterocycles. The molecule has 65 heavy (non-hydrogen) atoms. The minimum atomic E-state index is -0.535. The minimum absolute atomic E-state index is 0.193. The van der Waals surface area contributed by atoms with Crippen molar-refractivity contribution in [1.82, 2.24) is 0 Å². The van der Waals surface area contributed by atoms with Crippen LogP contribution in [0.4, 0.5) is 0 Å². The van der Waals surface area contributed by atoms with Crippen molar-refractivity contribution in [2.75, 3.05) is 13.2 Å². The summed E-state index contributed by atoms with van der Waals surface area (Å²) < 4.78 is 31.8. The molecule has 0 aliphatic heterocycles. The number of hydrogen-bond donors (Lipinski definition) is 0. The molecule has 5 aromatic rings. The van der Waals surface area contributed by atoms with Crippen molar-refractivity contribution in [3.63, 3.8) is 0 Å². The van der Waals surface area contributed by atoms with Crippen LogP contribution in [-0.4, -0.2) is 43.1 Å². The summed E-state index contributed by atoms with van der Waals surface area (Å²) in [6.45, 7) is 26.2. The average Bonchev–Trinajstić information content (AvgIpc) is 3.27. The van der Waals surface area contributed by atoms with E-state index in [4.69, 9.17) is 28.1 Å². The highest BCUT2D eigenvalue weighted by molar-refractivity contribution is 5.91. The van der Waals surface area contributed by atoms with E-state index < -0.39 is 35.5 Å². The molecule has 0 amide bonds. The standard InChI is InChI=1S/C33H34O8.C20H18O4/c1-20(2)30(34)38-15-7-9-23-17-25(10-8-16-39-31(35)21(3)4)29-26(18-23)19-28(33(37)41-29)24-11-13-27(14-12-24)40-32(36)22(5)6;1-13(2)19(21)23-17-9-5-15(6-10-17)16-7-11-18(12-8-16)24-20(22)14(3)4/h11-14,17-19H,1,3,5,7-10,15-16H2,2,4,6H3;5-12H,1,3H2,2,4H3. The summed E-state index contributed by atoms with van der Waals surface area (Å²) in [5.41, 5.74) is 6.19. The zero-order valence-corrected chi connectivity index (χ0v) is 37.3. The Bertz CT molecular complexity index is 2630. The molecule has 0 radical (unpaired) electrons. The second kappa shape index (κ2) is 23.5. The molecule has 1 aromatic heterocycles. The summed E-state index contributed by atoms with van der Waals surface area (Å²) in [6, 6.07) is 26.4. The molecule has 336 valence electrons. The molecule has 0 fully saturated rings. The van der Waals surface area contributed by atoms with E-state index in [-0.39, 0.29) is 18.8 Å². The van der Waals surface area contributed by atoms with E-state index >= 15 is 0 Å². The molecule has 0 aliphatic rings. The first-order valence-electron chi connectivity index (χ1n) is 20.5. The van der Waals surface area contributed by atoms with Crippen molar-refractivity contribution in [3.05, 3.63) is 173 Å². The highest BCUT2D eigenvalue weighted by Crippen LogP contribution is 2.29. The van der Waals surface area contributed by atoms with Gasteiger partial charge in [-0.2, -0.15) is 0 Å². The Morgan fingerprint density at radius 1 is 0.477 bits per heavy atom. The summed E-state index contributed by atoms with van der Waals surface area (Å²) in [5.74, 6) is -1.08. The Balaban J connectivity index is 0.000000327. The third kappa shape index (κ3) is 15.2. The fourth-order valence-electron chi connectivity index (χ4n) is 5.74. The van der Waals surface area contributed by atoms with Gasteiger partial charge in [0.05, 0.1) is 18.8 Å². The van der Waals surface area contributed by atoms with Gasteiger partial charge in [0, 0.05) is 33.3 Å². The Hall–Kier alpha value is -7.86. The fraction of sp³-hybridized carbons (Fsp3) is 0.208. The largest absolute Gasteiger partial charge is 0.462 e. The molecule has 0 atom stereocenters. The lowest BCUT2D eigenvalue weighted by molar-refractivity contribution is -0.139. The van der Waals surface area contributed by atoms with E-state index in [0.29, 0.717) is 81.9 Å². The molecule has 0 N–H and O–H groups in total. The summed E-state index contributed by atoms with van der Waals surface area (Å²) in [6.07, 6.45) is 2.23. The Morgan fingerprint density at radius 3 is 1.23 bits per heavy atom. The molecular formula is C53H52O12. The quantitative estimate of drug-likeness (QED) is 0.0270. The van der Waals surface area contributed by atoms with Crippen molar-refractivity contribution in [1.29, 1.82) is 0 Å². The number of carbonyl (C=O) groups is 5. The van der Waals surface area contributed by atoms with Crippen LogP contribution >= 0.6 is 0 Å². The summed E-state index contributed by atoms with van der Waals surface area (Å²) >= 11 is 0. The SMILES string of the molecule is C=C(C)C(=O)OCCCc1cc(CCCOC(=O)C(=C)C)c2oc(=O)c(-c3ccc(OC(=O)C(=C)C)cc3)cc2c1.C=C(C)C(=O)Oc1ccc(-c2ccc(OC(=O)C(=C)C)cc2)cc1. The smallest absolute Gasteiger partial charge is 0.344 e. The van der Waals surface area contributed by atoms with E-state index in [1.165, 1.54) is 0 Å². The molecule has 1 heterocycles. The Morgan fingerprint density at radius 2 is 0.846 bits per heavy atom. The number of hydrogen-bond acceptors (Lipinski definition) is 12. The van der Waals surface area contributed by atoms with E-state index in [1.807, 2.05) is 36.4 Å². The van der Waals surface area contributed by atoms with Gasteiger partial charge >= 0.3 is 35.5 Å². The zero-order chi connectivity index (χ0) is 47.8. The van der Waals surface area contributed by atoms with Crippen molar-refractivity contribution in [2.45, 2.75) is 60.3 Å². The van der Waals surface area contributed by atoms with Gasteiger partial charge in [-0.1, -0.05) is 75.4 Å². The van der Waals surface area contributed by atoms with E-state index in [2.05, 4.69) is 32.9 Å². The van der Waals surface area contributed by atoms with E-state index in [9.17, 15) is 28.8 Å². The van der Waals surface area contributed by atoms with Gasteiger partial charge in [0.2, 0.25) is 0 Å². The van der Waals surface area contributed by atoms with Gasteiger partial charge < -0.3 is 28.1 Å². The fourth-order valence-corrected chi connectivity index (χ4v) is 5.74. The number of rotatable bonds is 18. The van der Waals surface area contributed by atoms with Crippen LogP contribution in [0, 0.1) is 0 Å². The monoisotopic (exact) mass is 880 g/mol. The topological polar surface area (TPSA) is 162 Å². The number of carbonyl (C=O) groups excluding carboxylic acids is 5. The van der Waals surface area contributed by atoms with Crippen molar-refractivity contribution in [3.8, 4) is 39.5 Å². The van der Waals surface area contributed by atoms with Gasteiger partial charge in [0.1, 0.15) is 22.8 Å². The molecule has 0 saturated carbocycles. The maximum Gasteiger partial charge on any atom is 0.344 e. The second-order valence-corrected chi connectivity index (χ2v) is 15.2. The lowest BCUT2D eigenvalue weighted by Crippen LogP contribution is -2.09. The zero-order valence-electron chi connectivity index (χ0n) is 37.3. The number of ether oxygens (including phenoxy) is 5. The van der Waals surface area contributed by atoms with E-state index in [0.717, 1.165) is 27.6 Å². The average molecular weight is 881 g/mol. The van der Waals surface area contributed by atoms with Gasteiger partial charge in [-0.25, -0.2) is 28.8 Å². The van der Waals surface area contributed by atoms with Crippen molar-refractivity contribution in [2.24, 2.45) is 0 Å². The third-order valence-corrected chi connectivity index (χ3v) is 9.22. The molecule has 0 spiro atoms. The first kappa shape index (κ1) is 49.8. The second-order valence-electron chi connectivity index (χ2n) is 15.2. The predicted molar refractivity (Wildman–Crippen MR) is 249 cm³/mol. The first-order chi connectivity index (χ1) is 30.8. The highest BCUT2D eigenvalue weighted by Gasteiger charge is 2.15. The Kier molecular flexibility index (Phi) is 18.0.